The predicted molar refractivity (Wildman–Crippen MR) is 81.8 cm³/mol. The number of hydrogen-bond acceptors (Lipinski definition) is 3. The third-order valence-electron chi connectivity index (χ3n) is 5.20. The molecule has 0 aliphatic carbocycles. The van der Waals surface area contributed by atoms with Crippen LogP contribution in [0, 0.1) is 0 Å². The van der Waals surface area contributed by atoms with Crippen LogP contribution in [0.25, 0.3) is 0 Å². The van der Waals surface area contributed by atoms with Gasteiger partial charge < -0.3 is 10.1 Å². The second-order valence-electron chi connectivity index (χ2n) is 6.51. The SMILES string of the molecule is CC1CN(C2(C)CCOC2C)C(c2ccccc2)CN1. The standard InChI is InChI=1S/C17H26N2O/c1-13-12-19(17(3)9-10-20-14(17)2)16(11-18-13)15-7-5-4-6-8-15/h4-8,13-14,16,18H,9-12H2,1-3H3. The minimum Gasteiger partial charge on any atom is -0.377 e. The molecule has 0 saturated carbocycles. The minimum absolute atomic E-state index is 0.150. The highest BCUT2D eigenvalue weighted by molar-refractivity contribution is 5.21. The van der Waals surface area contributed by atoms with Gasteiger partial charge in [-0.1, -0.05) is 30.3 Å². The highest BCUT2D eigenvalue weighted by Crippen LogP contribution is 2.38. The maximum Gasteiger partial charge on any atom is 0.0729 e. The van der Waals surface area contributed by atoms with E-state index in [0.717, 1.165) is 26.1 Å². The zero-order valence-electron chi connectivity index (χ0n) is 12.8. The van der Waals surface area contributed by atoms with Crippen LogP contribution in [0.4, 0.5) is 0 Å². The van der Waals surface area contributed by atoms with Crippen molar-refractivity contribution in [2.45, 2.75) is 50.9 Å². The lowest BCUT2D eigenvalue weighted by Crippen LogP contribution is -2.61. The molecule has 1 aromatic rings. The third-order valence-corrected chi connectivity index (χ3v) is 5.20. The number of nitrogens with one attached hydrogen (secondary N) is 1. The van der Waals surface area contributed by atoms with Crippen LogP contribution in [-0.2, 0) is 4.74 Å². The van der Waals surface area contributed by atoms with Crippen LogP contribution in [0.3, 0.4) is 0 Å². The van der Waals surface area contributed by atoms with Crippen molar-refractivity contribution in [3.63, 3.8) is 0 Å². The van der Waals surface area contributed by atoms with E-state index in [2.05, 4.69) is 61.3 Å². The van der Waals surface area contributed by atoms with Gasteiger partial charge >= 0.3 is 0 Å². The molecule has 0 amide bonds. The van der Waals surface area contributed by atoms with Crippen molar-refractivity contribution >= 4 is 0 Å². The molecule has 4 atom stereocenters. The topological polar surface area (TPSA) is 24.5 Å². The van der Waals surface area contributed by atoms with Crippen LogP contribution in [0.5, 0.6) is 0 Å². The molecular weight excluding hydrogens is 248 g/mol. The lowest BCUT2D eigenvalue weighted by Gasteiger charge is -2.49. The van der Waals surface area contributed by atoms with Gasteiger partial charge in [-0.3, -0.25) is 4.90 Å². The van der Waals surface area contributed by atoms with E-state index in [1.165, 1.54) is 5.56 Å². The summed E-state index contributed by atoms with van der Waals surface area (Å²) in [6.45, 7) is 9.87. The van der Waals surface area contributed by atoms with E-state index in [1.807, 2.05) is 0 Å². The molecule has 4 unspecified atom stereocenters. The Bertz CT molecular complexity index is 450. The first-order chi connectivity index (χ1) is 9.61. The first-order valence-electron chi connectivity index (χ1n) is 7.78. The van der Waals surface area contributed by atoms with Crippen molar-refractivity contribution in [3.05, 3.63) is 35.9 Å². The summed E-state index contributed by atoms with van der Waals surface area (Å²) < 4.78 is 5.88. The summed E-state index contributed by atoms with van der Waals surface area (Å²) in [7, 11) is 0. The molecule has 2 saturated heterocycles. The van der Waals surface area contributed by atoms with Crippen molar-refractivity contribution in [1.29, 1.82) is 0 Å². The molecule has 0 spiro atoms. The van der Waals surface area contributed by atoms with Gasteiger partial charge in [0.2, 0.25) is 0 Å². The van der Waals surface area contributed by atoms with Gasteiger partial charge in [0.1, 0.15) is 0 Å². The van der Waals surface area contributed by atoms with Crippen molar-refractivity contribution < 1.29 is 4.74 Å². The molecule has 2 aliphatic rings. The molecular formula is C17H26N2O. The monoisotopic (exact) mass is 274 g/mol. The second-order valence-corrected chi connectivity index (χ2v) is 6.51. The second kappa shape index (κ2) is 5.47. The molecule has 2 aliphatic heterocycles. The van der Waals surface area contributed by atoms with Gasteiger partial charge in [0, 0.05) is 37.3 Å². The van der Waals surface area contributed by atoms with Gasteiger partial charge in [0.15, 0.2) is 0 Å². The Morgan fingerprint density at radius 3 is 2.65 bits per heavy atom. The third kappa shape index (κ3) is 2.39. The van der Waals surface area contributed by atoms with Crippen molar-refractivity contribution in [2.75, 3.05) is 19.7 Å². The molecule has 110 valence electrons. The Morgan fingerprint density at radius 2 is 2.00 bits per heavy atom. The van der Waals surface area contributed by atoms with Crippen LogP contribution in [0.1, 0.15) is 38.8 Å². The normalized spacial score (nSPS) is 39.0. The van der Waals surface area contributed by atoms with E-state index >= 15 is 0 Å². The predicted octanol–water partition coefficient (Wildman–Crippen LogP) is 2.59. The van der Waals surface area contributed by atoms with E-state index < -0.39 is 0 Å². The van der Waals surface area contributed by atoms with Crippen LogP contribution in [-0.4, -0.2) is 42.3 Å². The van der Waals surface area contributed by atoms with Crippen molar-refractivity contribution in [1.82, 2.24) is 10.2 Å². The molecule has 2 heterocycles. The summed E-state index contributed by atoms with van der Waals surface area (Å²) in [5.74, 6) is 0. The number of benzene rings is 1. The Hall–Kier alpha value is -0.900. The molecule has 2 fully saturated rings. The van der Waals surface area contributed by atoms with Gasteiger partial charge in [-0.05, 0) is 32.8 Å². The van der Waals surface area contributed by atoms with Crippen LogP contribution < -0.4 is 5.32 Å². The maximum atomic E-state index is 5.88. The first-order valence-corrected chi connectivity index (χ1v) is 7.78. The number of ether oxygens (including phenoxy) is 1. The fraction of sp³-hybridized carbons (Fsp3) is 0.647. The fourth-order valence-corrected chi connectivity index (χ4v) is 3.65. The van der Waals surface area contributed by atoms with E-state index in [0.29, 0.717) is 18.2 Å². The van der Waals surface area contributed by atoms with Gasteiger partial charge in [-0.25, -0.2) is 0 Å². The summed E-state index contributed by atoms with van der Waals surface area (Å²) >= 11 is 0. The lowest BCUT2D eigenvalue weighted by molar-refractivity contribution is -0.0241. The molecule has 0 radical (unpaired) electrons. The lowest BCUT2D eigenvalue weighted by atomic mass is 9.87. The minimum atomic E-state index is 0.150. The maximum absolute atomic E-state index is 5.88. The van der Waals surface area contributed by atoms with Gasteiger partial charge in [-0.2, -0.15) is 0 Å². The number of hydrogen-bond donors (Lipinski definition) is 1. The molecule has 3 rings (SSSR count). The highest BCUT2D eigenvalue weighted by Gasteiger charge is 2.46. The van der Waals surface area contributed by atoms with Crippen LogP contribution in [0.15, 0.2) is 30.3 Å². The quantitative estimate of drug-likeness (QED) is 0.897. The van der Waals surface area contributed by atoms with Crippen molar-refractivity contribution in [3.8, 4) is 0 Å². The number of piperazine rings is 1. The Morgan fingerprint density at radius 1 is 1.25 bits per heavy atom. The molecule has 0 aromatic heterocycles. The van der Waals surface area contributed by atoms with Crippen LogP contribution in [0.2, 0.25) is 0 Å². The van der Waals surface area contributed by atoms with E-state index in [9.17, 15) is 0 Å². The summed E-state index contributed by atoms with van der Waals surface area (Å²) in [6.07, 6.45) is 1.43. The molecule has 3 nitrogen and oxygen atoms in total. The summed E-state index contributed by atoms with van der Waals surface area (Å²) in [5, 5.41) is 3.63. The summed E-state index contributed by atoms with van der Waals surface area (Å²) in [5.41, 5.74) is 1.56. The van der Waals surface area contributed by atoms with E-state index in [1.54, 1.807) is 0 Å². The average Bonchev–Trinajstić information content (AvgIpc) is 2.81. The Balaban J connectivity index is 1.91. The molecule has 20 heavy (non-hydrogen) atoms. The summed E-state index contributed by atoms with van der Waals surface area (Å²) in [6, 6.07) is 11.9. The largest absolute Gasteiger partial charge is 0.377 e. The van der Waals surface area contributed by atoms with Crippen LogP contribution >= 0.6 is 0 Å². The Kier molecular flexibility index (Phi) is 3.85. The molecule has 1 N–H and O–H groups in total. The highest BCUT2D eigenvalue weighted by atomic mass is 16.5. The van der Waals surface area contributed by atoms with E-state index in [-0.39, 0.29) is 5.54 Å². The van der Waals surface area contributed by atoms with Gasteiger partial charge in [0.25, 0.3) is 0 Å². The number of nitrogens with zero attached hydrogens (tertiary/aromatic N) is 1. The summed E-state index contributed by atoms with van der Waals surface area (Å²) in [4.78, 5) is 2.68. The zero-order chi connectivity index (χ0) is 14.2. The van der Waals surface area contributed by atoms with Gasteiger partial charge in [0.05, 0.1) is 6.10 Å². The fourth-order valence-electron chi connectivity index (χ4n) is 3.65. The Labute approximate surface area is 122 Å². The zero-order valence-corrected chi connectivity index (χ0v) is 12.8. The van der Waals surface area contributed by atoms with Gasteiger partial charge in [-0.15, -0.1) is 0 Å². The molecule has 1 aromatic carbocycles. The van der Waals surface area contributed by atoms with Crippen molar-refractivity contribution in [2.24, 2.45) is 0 Å². The molecule has 3 heteroatoms. The van der Waals surface area contributed by atoms with E-state index in [4.69, 9.17) is 4.74 Å². The molecule has 0 bridgehead atoms. The number of rotatable bonds is 2. The smallest absolute Gasteiger partial charge is 0.0729 e. The first kappa shape index (κ1) is 14.1. The average molecular weight is 274 g/mol.